The van der Waals surface area contributed by atoms with Crippen molar-refractivity contribution in [3.8, 4) is 0 Å². The van der Waals surface area contributed by atoms with Crippen molar-refractivity contribution in [3.63, 3.8) is 0 Å². The minimum Gasteiger partial charge on any atom is -0.322 e. The molecule has 0 bridgehead atoms. The number of nitrogens with one attached hydrogen (secondary N) is 1. The molecule has 3 rings (SSSR count). The van der Waals surface area contributed by atoms with Gasteiger partial charge in [-0.05, 0) is 55.0 Å². The molecule has 7 nitrogen and oxygen atoms in total. The lowest BCUT2D eigenvalue weighted by molar-refractivity contribution is -0.117. The number of carbonyl (C=O) groups is 2. The molecule has 1 fully saturated rings. The fourth-order valence-corrected chi connectivity index (χ4v) is 3.74. The maximum atomic E-state index is 12.4. The predicted octanol–water partition coefficient (Wildman–Crippen LogP) is 2.32. The van der Waals surface area contributed by atoms with Crippen LogP contribution in [-0.4, -0.2) is 45.2 Å². The predicted molar refractivity (Wildman–Crippen MR) is 103 cm³/mol. The number of benzene rings is 2. The van der Waals surface area contributed by atoms with Crippen LogP contribution < -0.4 is 10.2 Å². The van der Waals surface area contributed by atoms with Crippen LogP contribution >= 0.6 is 0 Å². The topological polar surface area (TPSA) is 86.8 Å². The number of anilines is 2. The summed E-state index contributed by atoms with van der Waals surface area (Å²) < 4.78 is 25.3. The SMILES string of the molecule is CN(C)S(=O)(=O)c1ccc(NC(=O)c2ccc(N3CCCC3=O)cc2)cc1. The summed E-state index contributed by atoms with van der Waals surface area (Å²) in [4.78, 5) is 26.0. The second-order valence-electron chi connectivity index (χ2n) is 6.46. The summed E-state index contributed by atoms with van der Waals surface area (Å²) in [5.74, 6) is -0.211. The first-order valence-corrected chi connectivity index (χ1v) is 9.97. The average molecular weight is 387 g/mol. The number of hydrogen-bond donors (Lipinski definition) is 1. The van der Waals surface area contributed by atoms with Crippen LogP contribution in [0, 0.1) is 0 Å². The van der Waals surface area contributed by atoms with Gasteiger partial charge in [0.2, 0.25) is 15.9 Å². The largest absolute Gasteiger partial charge is 0.322 e. The van der Waals surface area contributed by atoms with Crippen molar-refractivity contribution in [1.29, 1.82) is 0 Å². The zero-order valence-electron chi connectivity index (χ0n) is 15.2. The van der Waals surface area contributed by atoms with E-state index >= 15 is 0 Å². The summed E-state index contributed by atoms with van der Waals surface area (Å²) in [5.41, 5.74) is 1.74. The molecule has 27 heavy (non-hydrogen) atoms. The first-order valence-electron chi connectivity index (χ1n) is 8.53. The third kappa shape index (κ3) is 4.01. The fraction of sp³-hybridized carbons (Fsp3) is 0.263. The highest BCUT2D eigenvalue weighted by Gasteiger charge is 2.22. The van der Waals surface area contributed by atoms with Crippen molar-refractivity contribution < 1.29 is 18.0 Å². The van der Waals surface area contributed by atoms with Gasteiger partial charge in [0.25, 0.3) is 5.91 Å². The van der Waals surface area contributed by atoms with E-state index in [1.54, 1.807) is 41.3 Å². The highest BCUT2D eigenvalue weighted by atomic mass is 32.2. The molecule has 1 aliphatic rings. The Labute approximate surface area is 158 Å². The average Bonchev–Trinajstić information content (AvgIpc) is 3.08. The second-order valence-corrected chi connectivity index (χ2v) is 8.61. The standard InChI is InChI=1S/C19H21N3O4S/c1-21(2)27(25,26)17-11-7-15(8-12-17)20-19(24)14-5-9-16(10-6-14)22-13-3-4-18(22)23/h5-12H,3-4,13H2,1-2H3,(H,20,24). The lowest BCUT2D eigenvalue weighted by Gasteiger charge is -2.16. The van der Waals surface area contributed by atoms with Crippen molar-refractivity contribution in [2.24, 2.45) is 0 Å². The van der Waals surface area contributed by atoms with Crippen LogP contribution in [0.2, 0.25) is 0 Å². The zero-order chi connectivity index (χ0) is 19.6. The summed E-state index contributed by atoms with van der Waals surface area (Å²) in [7, 11) is -0.578. The summed E-state index contributed by atoms with van der Waals surface area (Å²) in [6.45, 7) is 0.701. The Bertz CT molecular complexity index is 951. The van der Waals surface area contributed by atoms with Gasteiger partial charge in [-0.15, -0.1) is 0 Å². The number of nitrogens with zero attached hydrogens (tertiary/aromatic N) is 2. The maximum absolute atomic E-state index is 12.4. The Morgan fingerprint density at radius 3 is 2.19 bits per heavy atom. The van der Waals surface area contributed by atoms with E-state index in [2.05, 4.69) is 5.32 Å². The minimum atomic E-state index is -3.50. The molecule has 0 saturated carbocycles. The number of sulfonamides is 1. The Kier molecular flexibility index (Phi) is 5.29. The van der Waals surface area contributed by atoms with Gasteiger partial charge in [0.1, 0.15) is 0 Å². The van der Waals surface area contributed by atoms with Crippen LogP contribution in [0.25, 0.3) is 0 Å². The lowest BCUT2D eigenvalue weighted by Crippen LogP contribution is -2.23. The normalized spacial score (nSPS) is 14.6. The second kappa shape index (κ2) is 7.50. The smallest absolute Gasteiger partial charge is 0.255 e. The van der Waals surface area contributed by atoms with E-state index < -0.39 is 10.0 Å². The molecule has 2 aromatic rings. The van der Waals surface area contributed by atoms with E-state index in [9.17, 15) is 18.0 Å². The third-order valence-electron chi connectivity index (χ3n) is 4.41. The van der Waals surface area contributed by atoms with E-state index in [4.69, 9.17) is 0 Å². The van der Waals surface area contributed by atoms with Crippen molar-refractivity contribution in [3.05, 3.63) is 54.1 Å². The molecule has 2 aromatic carbocycles. The molecule has 1 heterocycles. The first-order chi connectivity index (χ1) is 12.8. The number of hydrogen-bond acceptors (Lipinski definition) is 4. The molecule has 1 N–H and O–H groups in total. The van der Waals surface area contributed by atoms with Gasteiger partial charge in [0, 0.05) is 44.0 Å². The van der Waals surface area contributed by atoms with Gasteiger partial charge in [0.05, 0.1) is 4.90 Å². The fourth-order valence-electron chi connectivity index (χ4n) is 2.84. The molecule has 0 aromatic heterocycles. The molecule has 8 heteroatoms. The quantitative estimate of drug-likeness (QED) is 0.853. The molecule has 1 aliphatic heterocycles. The van der Waals surface area contributed by atoms with Gasteiger partial charge in [-0.1, -0.05) is 0 Å². The highest BCUT2D eigenvalue weighted by Crippen LogP contribution is 2.22. The zero-order valence-corrected chi connectivity index (χ0v) is 16.0. The Morgan fingerprint density at radius 2 is 1.67 bits per heavy atom. The van der Waals surface area contributed by atoms with Gasteiger partial charge in [-0.3, -0.25) is 9.59 Å². The lowest BCUT2D eigenvalue weighted by atomic mass is 10.1. The summed E-state index contributed by atoms with van der Waals surface area (Å²) in [6.07, 6.45) is 1.41. The van der Waals surface area contributed by atoms with Gasteiger partial charge < -0.3 is 10.2 Å². The molecule has 1 saturated heterocycles. The summed E-state index contributed by atoms with van der Waals surface area (Å²) in [5, 5.41) is 2.74. The van der Waals surface area contributed by atoms with E-state index in [1.807, 2.05) is 0 Å². The maximum Gasteiger partial charge on any atom is 0.255 e. The van der Waals surface area contributed by atoms with Crippen LogP contribution in [0.3, 0.4) is 0 Å². The highest BCUT2D eigenvalue weighted by molar-refractivity contribution is 7.89. The molecule has 0 unspecified atom stereocenters. The number of rotatable bonds is 5. The summed E-state index contributed by atoms with van der Waals surface area (Å²) >= 11 is 0. The first kappa shape index (κ1) is 19.1. The molecule has 0 radical (unpaired) electrons. The third-order valence-corrected chi connectivity index (χ3v) is 6.23. The van der Waals surface area contributed by atoms with E-state index in [1.165, 1.54) is 26.2 Å². The molecular weight excluding hydrogens is 366 g/mol. The van der Waals surface area contributed by atoms with Crippen LogP contribution in [-0.2, 0) is 14.8 Å². The van der Waals surface area contributed by atoms with Gasteiger partial charge in [-0.2, -0.15) is 0 Å². The molecule has 0 atom stereocenters. The van der Waals surface area contributed by atoms with Gasteiger partial charge >= 0.3 is 0 Å². The molecule has 0 spiro atoms. The molecule has 0 aliphatic carbocycles. The van der Waals surface area contributed by atoms with E-state index in [-0.39, 0.29) is 16.7 Å². The van der Waals surface area contributed by atoms with Crippen molar-refractivity contribution in [2.75, 3.05) is 30.9 Å². The van der Waals surface area contributed by atoms with Crippen molar-refractivity contribution in [1.82, 2.24) is 4.31 Å². The van der Waals surface area contributed by atoms with Gasteiger partial charge in [-0.25, -0.2) is 12.7 Å². The Morgan fingerprint density at radius 1 is 1.04 bits per heavy atom. The Balaban J connectivity index is 1.69. The van der Waals surface area contributed by atoms with Crippen LogP contribution in [0.4, 0.5) is 11.4 Å². The van der Waals surface area contributed by atoms with Crippen LogP contribution in [0.15, 0.2) is 53.4 Å². The van der Waals surface area contributed by atoms with Crippen LogP contribution in [0.1, 0.15) is 23.2 Å². The Hall–Kier alpha value is -2.71. The minimum absolute atomic E-state index is 0.0972. The molecule has 142 valence electrons. The summed E-state index contributed by atoms with van der Waals surface area (Å²) in [6, 6.07) is 12.8. The monoisotopic (exact) mass is 387 g/mol. The van der Waals surface area contributed by atoms with Gasteiger partial charge in [0.15, 0.2) is 0 Å². The van der Waals surface area contributed by atoms with Crippen molar-refractivity contribution in [2.45, 2.75) is 17.7 Å². The van der Waals surface area contributed by atoms with E-state index in [0.29, 0.717) is 24.2 Å². The van der Waals surface area contributed by atoms with Crippen LogP contribution in [0.5, 0.6) is 0 Å². The van der Waals surface area contributed by atoms with E-state index in [0.717, 1.165) is 16.4 Å². The van der Waals surface area contributed by atoms with Crippen molar-refractivity contribution >= 4 is 33.2 Å². The number of carbonyl (C=O) groups excluding carboxylic acids is 2. The number of amides is 2. The molecular formula is C19H21N3O4S. The molecule has 2 amide bonds.